The average Bonchev–Trinajstić information content (AvgIpc) is 3.30. The predicted octanol–water partition coefficient (Wildman–Crippen LogP) is 13.2. The third-order valence-corrected chi connectivity index (χ3v) is 16.7. The molecular weight excluding hydrogens is 703 g/mol. The minimum atomic E-state index is 0.481. The Morgan fingerprint density at radius 3 is 2.33 bits per heavy atom. The Morgan fingerprint density at radius 2 is 1.47 bits per heavy atom. The molecule has 0 radical (unpaired) electrons. The minimum Gasteiger partial charge on any atom is -0.361 e. The molecule has 0 spiro atoms. The summed E-state index contributed by atoms with van der Waals surface area (Å²) in [5.41, 5.74) is 12.9. The molecule has 8 atom stereocenters. The SMILES string of the molecule is CCC1CCC2CCc3c(cccc3-c3cc4ccccc4cc31)CCC2N1CCCCC(C)N2C1=CC1CCc3ccccc3C3CC(=C2N(C)CCC3C)C1C. The Labute approximate surface area is 350 Å². The van der Waals surface area contributed by atoms with Crippen LogP contribution in [0.15, 0.2) is 102 Å². The highest BCUT2D eigenvalue weighted by atomic mass is 15.4. The van der Waals surface area contributed by atoms with Gasteiger partial charge in [0.25, 0.3) is 0 Å². The van der Waals surface area contributed by atoms with Crippen molar-refractivity contribution in [2.45, 2.75) is 142 Å². The van der Waals surface area contributed by atoms with Crippen LogP contribution in [0.5, 0.6) is 0 Å². The van der Waals surface area contributed by atoms with E-state index in [0.29, 0.717) is 47.6 Å². The van der Waals surface area contributed by atoms with E-state index < -0.39 is 0 Å². The zero-order valence-corrected chi connectivity index (χ0v) is 36.4. The van der Waals surface area contributed by atoms with E-state index in [-0.39, 0.29) is 0 Å². The molecule has 58 heavy (non-hydrogen) atoms. The molecule has 304 valence electrons. The summed E-state index contributed by atoms with van der Waals surface area (Å²) in [7, 11) is 2.45. The number of benzene rings is 4. The Hall–Kier alpha value is -3.98. The van der Waals surface area contributed by atoms with Gasteiger partial charge in [-0.05, 0) is 200 Å². The van der Waals surface area contributed by atoms with Crippen molar-refractivity contribution in [1.82, 2.24) is 14.7 Å². The molecule has 3 nitrogen and oxygen atoms in total. The number of hydrogen-bond donors (Lipinski definition) is 0. The highest BCUT2D eigenvalue weighted by Gasteiger charge is 2.43. The molecule has 0 saturated carbocycles. The van der Waals surface area contributed by atoms with Crippen LogP contribution in [0, 0.1) is 23.7 Å². The van der Waals surface area contributed by atoms with Crippen molar-refractivity contribution in [2.24, 2.45) is 23.7 Å². The molecule has 5 bridgehead atoms. The molecule has 10 rings (SSSR count). The van der Waals surface area contributed by atoms with Gasteiger partial charge in [0.1, 0.15) is 11.6 Å². The van der Waals surface area contributed by atoms with Crippen molar-refractivity contribution >= 4 is 10.8 Å². The predicted molar refractivity (Wildman–Crippen MR) is 244 cm³/mol. The summed E-state index contributed by atoms with van der Waals surface area (Å²) in [6.45, 7) is 12.5. The summed E-state index contributed by atoms with van der Waals surface area (Å²) in [6, 6.07) is 32.2. The van der Waals surface area contributed by atoms with Gasteiger partial charge in [-0.15, -0.1) is 0 Å². The second-order valence-corrected chi connectivity index (χ2v) is 19.8. The van der Waals surface area contributed by atoms with Crippen LogP contribution < -0.4 is 0 Å². The Kier molecular flexibility index (Phi) is 10.5. The number of allylic oxidation sites excluding steroid dienone is 2. The lowest BCUT2D eigenvalue weighted by Gasteiger charge is -2.50. The van der Waals surface area contributed by atoms with Crippen LogP contribution in [0.4, 0.5) is 0 Å². The van der Waals surface area contributed by atoms with E-state index in [2.05, 4.69) is 134 Å². The maximum absolute atomic E-state index is 3.07. The first-order valence-corrected chi connectivity index (χ1v) is 23.8. The molecule has 4 aromatic rings. The summed E-state index contributed by atoms with van der Waals surface area (Å²) in [5.74, 6) is 6.74. The van der Waals surface area contributed by atoms with E-state index in [1.165, 1.54) is 118 Å². The van der Waals surface area contributed by atoms with Gasteiger partial charge in [-0.3, -0.25) is 0 Å². The van der Waals surface area contributed by atoms with Gasteiger partial charge in [-0.1, -0.05) is 93.6 Å². The Morgan fingerprint density at radius 1 is 0.672 bits per heavy atom. The first-order valence-electron chi connectivity index (χ1n) is 23.8. The lowest BCUT2D eigenvalue weighted by atomic mass is 9.74. The molecule has 4 aromatic carbocycles. The number of hydrogen-bond acceptors (Lipinski definition) is 3. The van der Waals surface area contributed by atoms with Gasteiger partial charge in [0.05, 0.1) is 0 Å². The standard InChI is InChI=1S/C55H69N3/c1-6-39-21-23-42-25-27-47-41(18-13-20-48(47)52-33-45-17-8-7-16-44(45)32-51(39)52)26-28-53(42)57-30-12-11-14-37(3)58-54(57)34-43-24-22-40-15-9-10-19-46(40)49-35-50(38(43)4)55(58)56(5)31-29-36(49)2/h7-10,13,15-20,32-34,36-39,42-43,49,53H,6,11-12,14,21-31,35H2,1-5H3. The van der Waals surface area contributed by atoms with Crippen molar-refractivity contribution in [1.29, 1.82) is 0 Å². The fraction of sp³-hybridized carbons (Fsp3) is 0.527. The molecule has 1 fully saturated rings. The lowest BCUT2D eigenvalue weighted by Crippen LogP contribution is -2.51. The molecule has 0 amide bonds. The van der Waals surface area contributed by atoms with E-state index >= 15 is 0 Å². The maximum atomic E-state index is 3.07. The molecular formula is C55H69N3. The fourth-order valence-corrected chi connectivity index (χ4v) is 13.2. The number of nitrogens with zero attached hydrogens (tertiary/aromatic N) is 3. The Balaban J connectivity index is 1.10. The molecule has 3 heterocycles. The second-order valence-electron chi connectivity index (χ2n) is 19.8. The normalized spacial score (nSPS) is 30.2. The van der Waals surface area contributed by atoms with Crippen molar-refractivity contribution in [3.8, 4) is 11.1 Å². The van der Waals surface area contributed by atoms with Crippen molar-refractivity contribution in [3.05, 3.63) is 130 Å². The first-order chi connectivity index (χ1) is 28.4. The third-order valence-electron chi connectivity index (χ3n) is 16.7. The highest BCUT2D eigenvalue weighted by molar-refractivity contribution is 5.90. The van der Waals surface area contributed by atoms with Crippen molar-refractivity contribution < 1.29 is 0 Å². The van der Waals surface area contributed by atoms with Crippen LogP contribution in [0.2, 0.25) is 0 Å². The molecule has 3 aliphatic carbocycles. The van der Waals surface area contributed by atoms with E-state index in [1.807, 2.05) is 0 Å². The molecule has 6 aliphatic rings. The summed E-state index contributed by atoms with van der Waals surface area (Å²) in [5, 5.41) is 2.77. The molecule has 0 aromatic heterocycles. The van der Waals surface area contributed by atoms with Gasteiger partial charge in [0.2, 0.25) is 0 Å². The zero-order valence-electron chi connectivity index (χ0n) is 36.4. The van der Waals surface area contributed by atoms with Crippen LogP contribution >= 0.6 is 0 Å². The highest BCUT2D eigenvalue weighted by Crippen LogP contribution is 2.50. The second kappa shape index (κ2) is 15.9. The van der Waals surface area contributed by atoms with Gasteiger partial charge in [-0.25, -0.2) is 0 Å². The average molecular weight is 772 g/mol. The van der Waals surface area contributed by atoms with Gasteiger partial charge < -0.3 is 14.7 Å². The minimum absolute atomic E-state index is 0.481. The summed E-state index contributed by atoms with van der Waals surface area (Å²) < 4.78 is 0. The topological polar surface area (TPSA) is 9.72 Å². The molecule has 3 aliphatic heterocycles. The van der Waals surface area contributed by atoms with Gasteiger partial charge >= 0.3 is 0 Å². The molecule has 3 heteroatoms. The molecule has 1 saturated heterocycles. The fourth-order valence-electron chi connectivity index (χ4n) is 13.2. The van der Waals surface area contributed by atoms with Crippen LogP contribution in [-0.2, 0) is 19.3 Å². The van der Waals surface area contributed by atoms with Crippen LogP contribution in [0.1, 0.15) is 138 Å². The smallest absolute Gasteiger partial charge is 0.109 e. The lowest BCUT2D eigenvalue weighted by molar-refractivity contribution is 0.0742. The van der Waals surface area contributed by atoms with E-state index in [9.17, 15) is 0 Å². The van der Waals surface area contributed by atoms with Gasteiger partial charge in [0, 0.05) is 32.2 Å². The largest absolute Gasteiger partial charge is 0.361 e. The van der Waals surface area contributed by atoms with Crippen LogP contribution in [0.25, 0.3) is 21.9 Å². The van der Waals surface area contributed by atoms with E-state index in [4.69, 9.17) is 0 Å². The van der Waals surface area contributed by atoms with Gasteiger partial charge in [0.15, 0.2) is 0 Å². The van der Waals surface area contributed by atoms with E-state index in [0.717, 1.165) is 6.54 Å². The van der Waals surface area contributed by atoms with Crippen LogP contribution in [0.3, 0.4) is 0 Å². The first kappa shape index (κ1) is 38.2. The molecule has 8 unspecified atom stereocenters. The number of rotatable bonds is 2. The van der Waals surface area contributed by atoms with Crippen LogP contribution in [-0.4, -0.2) is 46.9 Å². The van der Waals surface area contributed by atoms with Crippen molar-refractivity contribution in [2.75, 3.05) is 20.1 Å². The monoisotopic (exact) mass is 772 g/mol. The third kappa shape index (κ3) is 6.71. The number of fused-ring (bicyclic) bond motifs is 11. The maximum Gasteiger partial charge on any atom is 0.109 e. The molecule has 0 N–H and O–H groups in total. The summed E-state index contributed by atoms with van der Waals surface area (Å²) in [6.07, 6.45) is 20.3. The number of aryl methyl sites for hydroxylation is 2. The quantitative estimate of drug-likeness (QED) is 0.201. The summed E-state index contributed by atoms with van der Waals surface area (Å²) >= 11 is 0. The Bertz CT molecular complexity index is 2210. The zero-order chi connectivity index (χ0) is 39.5. The summed E-state index contributed by atoms with van der Waals surface area (Å²) in [4.78, 5) is 8.78. The van der Waals surface area contributed by atoms with Gasteiger partial charge in [-0.2, -0.15) is 0 Å². The van der Waals surface area contributed by atoms with E-state index in [1.54, 1.807) is 45.0 Å². The van der Waals surface area contributed by atoms with Crippen molar-refractivity contribution in [3.63, 3.8) is 0 Å².